The molecule has 0 spiro atoms. The Bertz CT molecular complexity index is 794. The summed E-state index contributed by atoms with van der Waals surface area (Å²) in [5.41, 5.74) is -1.12. The summed E-state index contributed by atoms with van der Waals surface area (Å²) in [6, 6.07) is 0. The maximum atomic E-state index is 15.4. The fourth-order valence-corrected chi connectivity index (χ4v) is 8.16. The number of aliphatic hydroxyl groups is 1. The van der Waals surface area contributed by atoms with E-state index in [0.717, 1.165) is 6.42 Å². The first-order valence-corrected chi connectivity index (χ1v) is 11.0. The van der Waals surface area contributed by atoms with Gasteiger partial charge in [-0.1, -0.05) is 20.8 Å². The van der Waals surface area contributed by atoms with E-state index in [9.17, 15) is 14.3 Å². The van der Waals surface area contributed by atoms with E-state index in [-0.39, 0.29) is 47.4 Å². The molecule has 1 saturated heterocycles. The minimum atomic E-state index is -1.48. The van der Waals surface area contributed by atoms with Crippen LogP contribution in [0, 0.1) is 34.5 Å². The maximum absolute atomic E-state index is 15.4. The van der Waals surface area contributed by atoms with Crippen LogP contribution in [0.5, 0.6) is 0 Å². The Balaban J connectivity index is 1.57. The number of rotatable bonds is 0. The molecule has 5 rings (SSSR count). The van der Waals surface area contributed by atoms with Gasteiger partial charge in [-0.3, -0.25) is 4.79 Å². The lowest BCUT2D eigenvalue weighted by atomic mass is 9.45. The van der Waals surface area contributed by atoms with Crippen LogP contribution in [0.15, 0.2) is 11.4 Å². The number of hydrogen-bond donors (Lipinski definition) is 1. The van der Waals surface area contributed by atoms with E-state index in [1.165, 1.54) is 0 Å². The summed E-state index contributed by atoms with van der Waals surface area (Å²) >= 11 is 0. The lowest BCUT2D eigenvalue weighted by Gasteiger charge is -2.60. The highest BCUT2D eigenvalue weighted by atomic mass is 19.1. The number of allylic oxidation sites excluding steroid dienone is 1. The molecule has 1 N–H and O–H groups in total. The molecule has 4 fully saturated rings. The number of alkyl halides is 1. The second kappa shape index (κ2) is 5.89. The number of carbonyl (C=O) groups is 1. The highest BCUT2D eigenvalue weighted by molar-refractivity contribution is 5.97. The zero-order valence-electron chi connectivity index (χ0n) is 17.9. The number of ether oxygens (including phenoxy) is 2. The van der Waals surface area contributed by atoms with E-state index in [1.54, 1.807) is 6.92 Å². The molecule has 3 saturated carbocycles. The molecule has 1 heterocycles. The van der Waals surface area contributed by atoms with Crippen molar-refractivity contribution in [2.75, 3.05) is 0 Å². The summed E-state index contributed by atoms with van der Waals surface area (Å²) in [5.74, 6) is -2.81. The van der Waals surface area contributed by atoms with Gasteiger partial charge in [0.2, 0.25) is 0 Å². The lowest BCUT2D eigenvalue weighted by Crippen LogP contribution is -2.60. The molecule has 0 bridgehead atoms. The number of ketones is 1. The Morgan fingerprint density at radius 3 is 2.48 bits per heavy atom. The molecule has 162 valence electrons. The van der Waals surface area contributed by atoms with Gasteiger partial charge in [0.25, 0.3) is 0 Å². The largest absolute Gasteiger partial charge is 0.393 e. The predicted octanol–water partition coefficient (Wildman–Crippen LogP) is 4.11. The van der Waals surface area contributed by atoms with Crippen LogP contribution in [0.25, 0.3) is 0 Å². The van der Waals surface area contributed by atoms with Crippen LogP contribution in [0.3, 0.4) is 0 Å². The highest BCUT2D eigenvalue weighted by Gasteiger charge is 2.69. The van der Waals surface area contributed by atoms with Crippen molar-refractivity contribution < 1.29 is 28.2 Å². The van der Waals surface area contributed by atoms with Crippen molar-refractivity contribution >= 4 is 5.78 Å². The van der Waals surface area contributed by atoms with Crippen LogP contribution in [-0.4, -0.2) is 41.2 Å². The van der Waals surface area contributed by atoms with E-state index >= 15 is 4.39 Å². The Kier molecular flexibility index (Phi) is 4.08. The average molecular weight is 411 g/mol. The molecule has 0 radical (unpaired) electrons. The zero-order valence-corrected chi connectivity index (χ0v) is 17.9. The topological polar surface area (TPSA) is 55.8 Å². The van der Waals surface area contributed by atoms with Crippen LogP contribution in [0.4, 0.5) is 8.78 Å². The Labute approximate surface area is 171 Å². The lowest BCUT2D eigenvalue weighted by molar-refractivity contribution is -0.202. The van der Waals surface area contributed by atoms with Gasteiger partial charge in [-0.05, 0) is 57.3 Å². The molecule has 0 aromatic heterocycles. The van der Waals surface area contributed by atoms with E-state index in [0.29, 0.717) is 12.8 Å². The van der Waals surface area contributed by atoms with Crippen molar-refractivity contribution in [2.24, 2.45) is 34.5 Å². The fourth-order valence-electron chi connectivity index (χ4n) is 8.16. The second-order valence-corrected chi connectivity index (χ2v) is 11.2. The minimum absolute atomic E-state index is 0.0105. The van der Waals surface area contributed by atoms with Gasteiger partial charge in [0.05, 0.1) is 18.3 Å². The zero-order chi connectivity index (χ0) is 21.1. The van der Waals surface area contributed by atoms with Gasteiger partial charge in [0, 0.05) is 22.3 Å². The van der Waals surface area contributed by atoms with Crippen molar-refractivity contribution in [2.45, 2.75) is 90.6 Å². The maximum Gasteiger partial charge on any atom is 0.194 e. The molecule has 5 aliphatic rings. The quantitative estimate of drug-likeness (QED) is 0.653. The molecule has 0 amide bonds. The van der Waals surface area contributed by atoms with E-state index < -0.39 is 41.0 Å². The molecule has 0 aromatic carbocycles. The Morgan fingerprint density at radius 2 is 1.79 bits per heavy atom. The average Bonchev–Trinajstić information content (AvgIpc) is 3.02. The first-order valence-electron chi connectivity index (χ1n) is 11.0. The summed E-state index contributed by atoms with van der Waals surface area (Å²) in [6.07, 6.45) is -0.490. The van der Waals surface area contributed by atoms with Crippen molar-refractivity contribution in [3.8, 4) is 0 Å². The molecule has 1 aliphatic heterocycles. The monoisotopic (exact) mass is 410 g/mol. The first-order chi connectivity index (χ1) is 13.4. The van der Waals surface area contributed by atoms with Crippen molar-refractivity contribution in [3.63, 3.8) is 0 Å². The van der Waals surface area contributed by atoms with Crippen LogP contribution < -0.4 is 0 Å². The smallest absolute Gasteiger partial charge is 0.194 e. The van der Waals surface area contributed by atoms with Gasteiger partial charge in [-0.25, -0.2) is 8.78 Å². The standard InChI is InChI=1S/C23H32F2O4/c1-10-8-23(5)16-11(6-13(24)17(23)18(25)19(10)27)12-7-15-20(29-21(2,3)28-15)22(12,4)9-14(16)26/h10-16,20,26H,6-9H2,1-5H3/t10?,11-,12-,13-,14-,15+,16+,20+,22-,23+/m0/s1. The fraction of sp³-hybridized carbons (Fsp3) is 0.870. The first kappa shape index (κ1) is 20.1. The molecule has 4 nitrogen and oxygen atoms in total. The molecular formula is C23H32F2O4. The van der Waals surface area contributed by atoms with E-state index in [2.05, 4.69) is 6.92 Å². The highest BCUT2D eigenvalue weighted by Crippen LogP contribution is 2.68. The SMILES string of the molecule is CC1C[C@@]2(C)C(=C(F)C1=O)[C@@H](F)C[C@@H]1[C@@H]2[C@@H](O)C[C@]2(C)[C@@H]3OC(C)(C)O[C@@H]3C[C@@H]12. The molecule has 4 aliphatic carbocycles. The summed E-state index contributed by atoms with van der Waals surface area (Å²) < 4.78 is 42.7. The number of hydrogen-bond acceptors (Lipinski definition) is 4. The van der Waals surface area contributed by atoms with Gasteiger partial charge < -0.3 is 14.6 Å². The number of carbonyl (C=O) groups excluding carboxylic acids is 1. The van der Waals surface area contributed by atoms with Gasteiger partial charge in [-0.15, -0.1) is 0 Å². The number of Topliss-reactive ketones (excluding diaryl/α,β-unsaturated/α-hetero) is 1. The minimum Gasteiger partial charge on any atom is -0.393 e. The van der Waals surface area contributed by atoms with Crippen LogP contribution in [0.2, 0.25) is 0 Å². The van der Waals surface area contributed by atoms with Crippen molar-refractivity contribution in [3.05, 3.63) is 11.4 Å². The summed E-state index contributed by atoms with van der Waals surface area (Å²) in [7, 11) is 0. The molecular weight excluding hydrogens is 378 g/mol. The molecule has 0 aromatic rings. The Hall–Kier alpha value is -0.850. The van der Waals surface area contributed by atoms with Crippen LogP contribution in [-0.2, 0) is 14.3 Å². The molecule has 1 unspecified atom stereocenters. The summed E-state index contributed by atoms with van der Waals surface area (Å²) in [6.45, 7) is 9.54. The summed E-state index contributed by atoms with van der Waals surface area (Å²) in [5, 5.41) is 11.3. The van der Waals surface area contributed by atoms with E-state index in [1.807, 2.05) is 20.8 Å². The number of aliphatic hydroxyl groups excluding tert-OH is 1. The van der Waals surface area contributed by atoms with Gasteiger partial charge in [-0.2, -0.15) is 0 Å². The normalized spacial score (nSPS) is 55.9. The van der Waals surface area contributed by atoms with Gasteiger partial charge in [0.15, 0.2) is 17.4 Å². The van der Waals surface area contributed by atoms with Gasteiger partial charge >= 0.3 is 0 Å². The molecule has 6 heteroatoms. The van der Waals surface area contributed by atoms with Crippen LogP contribution >= 0.6 is 0 Å². The molecule has 10 atom stereocenters. The predicted molar refractivity (Wildman–Crippen MR) is 102 cm³/mol. The third kappa shape index (κ3) is 2.48. The number of halogens is 2. The Morgan fingerprint density at radius 1 is 1.10 bits per heavy atom. The summed E-state index contributed by atoms with van der Waals surface area (Å²) in [4.78, 5) is 12.2. The third-order valence-electron chi connectivity index (χ3n) is 8.98. The van der Waals surface area contributed by atoms with Gasteiger partial charge in [0.1, 0.15) is 6.17 Å². The van der Waals surface area contributed by atoms with Crippen molar-refractivity contribution in [1.82, 2.24) is 0 Å². The van der Waals surface area contributed by atoms with E-state index in [4.69, 9.17) is 9.47 Å². The third-order valence-corrected chi connectivity index (χ3v) is 8.98. The number of fused-ring (bicyclic) bond motifs is 7. The second-order valence-electron chi connectivity index (χ2n) is 11.2. The van der Waals surface area contributed by atoms with Crippen molar-refractivity contribution in [1.29, 1.82) is 0 Å². The van der Waals surface area contributed by atoms with Crippen LogP contribution in [0.1, 0.15) is 60.3 Å². The molecule has 29 heavy (non-hydrogen) atoms.